The molecule has 4 heterocycles. The van der Waals surface area contributed by atoms with Gasteiger partial charge in [0.25, 0.3) is 0 Å². The molecule has 1 amide bonds. The Balaban J connectivity index is 0.971. The number of H-pyrrole nitrogens is 1. The molecule has 2 N–H and O–H groups in total. The second kappa shape index (κ2) is 9.04. The summed E-state index contributed by atoms with van der Waals surface area (Å²) in [5.41, 5.74) is 6.99. The van der Waals surface area contributed by atoms with Crippen molar-refractivity contribution >= 4 is 34.6 Å². The second-order valence-electron chi connectivity index (χ2n) is 11.8. The van der Waals surface area contributed by atoms with Crippen LogP contribution in [0.5, 0.6) is 5.75 Å². The highest BCUT2D eigenvalue weighted by molar-refractivity contribution is 6.10. The molecule has 202 valence electrons. The minimum absolute atomic E-state index is 0.0812. The van der Waals surface area contributed by atoms with Gasteiger partial charge in [-0.3, -0.25) is 14.8 Å². The molecule has 7 heteroatoms. The van der Waals surface area contributed by atoms with E-state index in [-0.39, 0.29) is 11.8 Å². The molecule has 3 aromatic carbocycles. The van der Waals surface area contributed by atoms with Gasteiger partial charge in [-0.05, 0) is 59.0 Å². The van der Waals surface area contributed by atoms with Crippen LogP contribution in [0.15, 0.2) is 60.7 Å². The molecule has 1 saturated carbocycles. The van der Waals surface area contributed by atoms with Crippen LogP contribution < -0.4 is 10.1 Å². The first-order valence-electron chi connectivity index (χ1n) is 14.2. The van der Waals surface area contributed by atoms with Crippen LogP contribution in [-0.2, 0) is 21.5 Å². The van der Waals surface area contributed by atoms with Gasteiger partial charge in [0.1, 0.15) is 5.75 Å². The lowest BCUT2D eigenvalue weighted by Gasteiger charge is -2.16. The molecule has 3 aliphatic heterocycles. The predicted molar refractivity (Wildman–Crippen MR) is 155 cm³/mol. The third kappa shape index (κ3) is 3.79. The van der Waals surface area contributed by atoms with Gasteiger partial charge in [0.2, 0.25) is 5.91 Å². The van der Waals surface area contributed by atoms with Crippen molar-refractivity contribution in [2.24, 2.45) is 11.8 Å². The largest absolute Gasteiger partial charge is 0.497 e. The van der Waals surface area contributed by atoms with Crippen LogP contribution in [0.1, 0.15) is 40.3 Å². The molecule has 0 bridgehead atoms. The van der Waals surface area contributed by atoms with E-state index in [1.54, 1.807) is 7.11 Å². The average molecular weight is 533 g/mol. The van der Waals surface area contributed by atoms with Crippen molar-refractivity contribution in [3.63, 3.8) is 0 Å². The maximum Gasteiger partial charge on any atom is 0.235 e. The lowest BCUT2D eigenvalue weighted by atomic mass is 9.91. The number of likely N-dealkylation sites (tertiary alicyclic amines) is 1. The summed E-state index contributed by atoms with van der Waals surface area (Å²) in [6.07, 6.45) is 4.99. The topological polar surface area (TPSA) is 79.5 Å². The number of hydrogen-bond donors (Lipinski definition) is 2. The second-order valence-corrected chi connectivity index (χ2v) is 11.8. The number of fused-ring (bicyclic) bond motifs is 4. The molecule has 4 unspecified atom stereocenters. The lowest BCUT2D eigenvalue weighted by molar-refractivity contribution is -0.118. The molecule has 3 fully saturated rings. The number of carbonyl (C=O) groups excluding carboxylic acids is 1. The minimum atomic E-state index is -0.505. The Hall–Kier alpha value is -3.94. The van der Waals surface area contributed by atoms with Crippen LogP contribution in [0.4, 0.5) is 5.69 Å². The summed E-state index contributed by atoms with van der Waals surface area (Å²) in [4.78, 5) is 15.6. The molecule has 4 atom stereocenters. The first kappa shape index (κ1) is 23.9. The number of methoxy groups -OCH3 is 1. The van der Waals surface area contributed by atoms with Crippen LogP contribution in [0, 0.1) is 11.8 Å². The van der Waals surface area contributed by atoms with E-state index in [4.69, 9.17) is 9.47 Å². The van der Waals surface area contributed by atoms with Crippen molar-refractivity contribution in [1.29, 1.82) is 0 Å². The fourth-order valence-electron chi connectivity index (χ4n) is 7.18. The van der Waals surface area contributed by atoms with Gasteiger partial charge >= 0.3 is 0 Å². The Morgan fingerprint density at radius 2 is 1.88 bits per heavy atom. The zero-order valence-corrected chi connectivity index (χ0v) is 22.5. The number of hydrogen-bond acceptors (Lipinski definition) is 5. The van der Waals surface area contributed by atoms with Gasteiger partial charge in [-0.25, -0.2) is 0 Å². The highest BCUT2D eigenvalue weighted by Crippen LogP contribution is 2.65. The maximum atomic E-state index is 13.0. The summed E-state index contributed by atoms with van der Waals surface area (Å²) in [6, 6.07) is 21.1. The monoisotopic (exact) mass is 532 g/mol. The van der Waals surface area contributed by atoms with Crippen molar-refractivity contribution in [1.82, 2.24) is 15.1 Å². The summed E-state index contributed by atoms with van der Waals surface area (Å²) in [5.74, 6) is 2.43. The molecule has 0 radical (unpaired) electrons. The Kier molecular flexibility index (Phi) is 5.41. The normalized spacial score (nSPS) is 27.0. The van der Waals surface area contributed by atoms with Crippen LogP contribution in [-0.4, -0.2) is 54.4 Å². The smallest absolute Gasteiger partial charge is 0.235 e. The van der Waals surface area contributed by atoms with E-state index in [9.17, 15) is 4.79 Å². The van der Waals surface area contributed by atoms with E-state index < -0.39 is 5.41 Å². The summed E-state index contributed by atoms with van der Waals surface area (Å²) < 4.78 is 11.0. The number of aromatic nitrogens is 2. The van der Waals surface area contributed by atoms with Crippen molar-refractivity contribution in [3.8, 4) is 5.75 Å². The molecular weight excluding hydrogens is 500 g/mol. The number of amides is 1. The van der Waals surface area contributed by atoms with Crippen molar-refractivity contribution in [2.45, 2.75) is 24.3 Å². The fraction of sp³-hybridized carbons (Fsp3) is 0.333. The highest BCUT2D eigenvalue weighted by Gasteiger charge is 2.65. The maximum absolute atomic E-state index is 13.0. The zero-order valence-electron chi connectivity index (χ0n) is 22.5. The molecule has 4 aliphatic rings. The Labute approximate surface area is 233 Å². The molecule has 1 spiro atoms. The van der Waals surface area contributed by atoms with Crippen molar-refractivity contribution in [3.05, 3.63) is 88.6 Å². The molecule has 40 heavy (non-hydrogen) atoms. The van der Waals surface area contributed by atoms with E-state index >= 15 is 0 Å². The lowest BCUT2D eigenvalue weighted by Crippen LogP contribution is -2.22. The first-order valence-corrected chi connectivity index (χ1v) is 14.2. The number of benzene rings is 3. The Morgan fingerprint density at radius 1 is 1.05 bits per heavy atom. The summed E-state index contributed by atoms with van der Waals surface area (Å²) in [6.45, 7) is 5.16. The molecule has 2 saturated heterocycles. The third-order valence-electron chi connectivity index (χ3n) is 9.48. The number of nitrogens with one attached hydrogen (secondary N) is 2. The van der Waals surface area contributed by atoms with Crippen LogP contribution in [0.2, 0.25) is 0 Å². The van der Waals surface area contributed by atoms with Gasteiger partial charge in [-0.1, -0.05) is 42.5 Å². The van der Waals surface area contributed by atoms with Crippen LogP contribution in [0.3, 0.4) is 0 Å². The van der Waals surface area contributed by atoms with Gasteiger partial charge in [0.15, 0.2) is 0 Å². The van der Waals surface area contributed by atoms with Crippen molar-refractivity contribution < 1.29 is 14.3 Å². The first-order chi connectivity index (χ1) is 19.6. The third-order valence-corrected chi connectivity index (χ3v) is 9.48. The van der Waals surface area contributed by atoms with Crippen LogP contribution in [0.25, 0.3) is 23.1 Å². The Bertz CT molecular complexity index is 1650. The standard InChI is InChI=1S/C33H32N4O3/c1-39-25-8-11-30-27(13-25)33(32(38)34-30)14-28(33)22-7-9-26-29(35-36-31(26)12-22)10-6-20-2-4-21(5-3-20)15-37-16-23-18-40-19-24(23)17-37/h2-13,23-24,28H,14-19H2,1H3,(H,34,38)(H,35,36)/b10-6+. The van der Waals surface area contributed by atoms with Crippen LogP contribution >= 0.6 is 0 Å². The SMILES string of the molecule is COc1ccc2c(c1)C1(CC1c1ccc3c(/C=C/c4ccc(CN5CC6COCC6C5)cc4)n[nH]c3c1)C(=O)N2. The van der Waals surface area contributed by atoms with E-state index in [2.05, 4.69) is 75.0 Å². The van der Waals surface area contributed by atoms with E-state index in [1.807, 2.05) is 18.2 Å². The molecule has 8 rings (SSSR count). The predicted octanol–water partition coefficient (Wildman–Crippen LogP) is 5.20. The Morgan fingerprint density at radius 3 is 2.67 bits per heavy atom. The number of nitrogens with zero attached hydrogens (tertiary/aromatic N) is 2. The number of rotatable bonds is 6. The number of anilines is 1. The quantitative estimate of drug-likeness (QED) is 0.357. The van der Waals surface area contributed by atoms with Gasteiger partial charge < -0.3 is 14.8 Å². The van der Waals surface area contributed by atoms with E-state index in [1.165, 1.54) is 5.56 Å². The zero-order chi connectivity index (χ0) is 26.8. The number of aromatic amines is 1. The fourth-order valence-corrected chi connectivity index (χ4v) is 7.18. The average Bonchev–Trinajstić information content (AvgIpc) is 3.25. The number of ether oxygens (including phenoxy) is 2. The molecule has 1 aromatic heterocycles. The van der Waals surface area contributed by atoms with E-state index in [0.717, 1.165) is 95.8 Å². The molecule has 1 aliphatic carbocycles. The minimum Gasteiger partial charge on any atom is -0.497 e. The summed E-state index contributed by atoms with van der Waals surface area (Å²) >= 11 is 0. The molecule has 7 nitrogen and oxygen atoms in total. The van der Waals surface area contributed by atoms with Gasteiger partial charge in [-0.15, -0.1) is 0 Å². The summed E-state index contributed by atoms with van der Waals surface area (Å²) in [5, 5.41) is 11.9. The summed E-state index contributed by atoms with van der Waals surface area (Å²) in [7, 11) is 1.66. The van der Waals surface area contributed by atoms with Gasteiger partial charge in [0.05, 0.1) is 36.9 Å². The number of carbonyl (C=O) groups is 1. The molecular formula is C33H32N4O3. The molecule has 4 aromatic rings. The van der Waals surface area contributed by atoms with Crippen molar-refractivity contribution in [2.75, 3.05) is 38.7 Å². The van der Waals surface area contributed by atoms with E-state index in [0.29, 0.717) is 0 Å². The van der Waals surface area contributed by atoms with Gasteiger partial charge in [0, 0.05) is 48.5 Å². The highest BCUT2D eigenvalue weighted by atomic mass is 16.5. The van der Waals surface area contributed by atoms with Gasteiger partial charge in [-0.2, -0.15) is 5.10 Å².